The van der Waals surface area contributed by atoms with Crippen LogP contribution in [-0.4, -0.2) is 54.5 Å². The van der Waals surface area contributed by atoms with E-state index in [4.69, 9.17) is 9.47 Å². The topological polar surface area (TPSA) is 94.5 Å². The molecule has 1 unspecified atom stereocenters. The highest BCUT2D eigenvalue weighted by Gasteiger charge is 2.34. The van der Waals surface area contributed by atoms with E-state index in [0.29, 0.717) is 11.4 Å². The van der Waals surface area contributed by atoms with Crippen molar-refractivity contribution in [3.63, 3.8) is 0 Å². The number of morpholine rings is 1. The van der Waals surface area contributed by atoms with E-state index in [-0.39, 0.29) is 24.6 Å². The number of sulfonamides is 1. The van der Waals surface area contributed by atoms with E-state index in [1.54, 1.807) is 24.5 Å². The van der Waals surface area contributed by atoms with Crippen molar-refractivity contribution in [2.24, 2.45) is 0 Å². The highest BCUT2D eigenvalue weighted by Crippen LogP contribution is 2.32. The molecule has 31 heavy (non-hydrogen) atoms. The number of pyridine rings is 1. The van der Waals surface area contributed by atoms with Crippen LogP contribution in [0, 0.1) is 13.8 Å². The van der Waals surface area contributed by atoms with Gasteiger partial charge < -0.3 is 9.47 Å². The van der Waals surface area contributed by atoms with Crippen molar-refractivity contribution < 1.29 is 17.9 Å². The van der Waals surface area contributed by atoms with Crippen LogP contribution in [0.4, 0.5) is 0 Å². The molecule has 0 bridgehead atoms. The van der Waals surface area contributed by atoms with Gasteiger partial charge in [-0.3, -0.25) is 4.98 Å². The van der Waals surface area contributed by atoms with Gasteiger partial charge >= 0.3 is 0 Å². The van der Waals surface area contributed by atoms with E-state index in [1.165, 1.54) is 17.7 Å². The Balaban J connectivity index is 1.65. The number of benzene rings is 1. The summed E-state index contributed by atoms with van der Waals surface area (Å²) >= 11 is 0. The summed E-state index contributed by atoms with van der Waals surface area (Å²) in [7, 11) is -2.29. The zero-order valence-corrected chi connectivity index (χ0v) is 18.5. The number of methoxy groups -OCH3 is 1. The summed E-state index contributed by atoms with van der Waals surface area (Å²) < 4.78 is 39.5. The number of nitrogens with zero attached hydrogens (tertiary/aromatic N) is 4. The van der Waals surface area contributed by atoms with E-state index >= 15 is 0 Å². The lowest BCUT2D eigenvalue weighted by Crippen LogP contribution is -2.42. The number of rotatable bonds is 5. The minimum Gasteiger partial charge on any atom is -0.495 e. The average Bonchev–Trinajstić information content (AvgIpc) is 2.79. The molecule has 1 atom stereocenters. The van der Waals surface area contributed by atoms with E-state index in [1.807, 2.05) is 32.0 Å². The number of aryl methyl sites for hydroxylation is 2. The SMILES string of the molecule is COc1ccc(C)cc1S(=O)(=O)N1CCOC(c2cc(-c3cncnc3)cc(C)n2)C1. The monoisotopic (exact) mass is 440 g/mol. The lowest BCUT2D eigenvalue weighted by atomic mass is 10.1. The second kappa shape index (κ2) is 8.70. The van der Waals surface area contributed by atoms with E-state index in [9.17, 15) is 8.42 Å². The van der Waals surface area contributed by atoms with Gasteiger partial charge in [0.25, 0.3) is 0 Å². The Hall–Kier alpha value is -2.88. The van der Waals surface area contributed by atoms with Crippen LogP contribution in [-0.2, 0) is 14.8 Å². The molecule has 162 valence electrons. The summed E-state index contributed by atoms with van der Waals surface area (Å²) in [5, 5.41) is 0. The lowest BCUT2D eigenvalue weighted by Gasteiger charge is -2.32. The number of hydrogen-bond acceptors (Lipinski definition) is 7. The van der Waals surface area contributed by atoms with Gasteiger partial charge in [-0.05, 0) is 49.2 Å². The van der Waals surface area contributed by atoms with Gasteiger partial charge in [0, 0.05) is 36.7 Å². The van der Waals surface area contributed by atoms with E-state index in [0.717, 1.165) is 22.4 Å². The molecule has 1 fully saturated rings. The Kier molecular flexibility index (Phi) is 5.99. The Bertz CT molecular complexity index is 1190. The van der Waals surface area contributed by atoms with Crippen LogP contribution < -0.4 is 4.74 Å². The molecule has 1 aliphatic heterocycles. The first-order valence-corrected chi connectivity index (χ1v) is 11.3. The van der Waals surface area contributed by atoms with E-state index < -0.39 is 16.1 Å². The van der Waals surface area contributed by atoms with Crippen LogP contribution in [0.2, 0.25) is 0 Å². The van der Waals surface area contributed by atoms with Crippen LogP contribution >= 0.6 is 0 Å². The lowest BCUT2D eigenvalue weighted by molar-refractivity contribution is -0.00501. The largest absolute Gasteiger partial charge is 0.495 e. The molecule has 1 aliphatic rings. The van der Waals surface area contributed by atoms with Crippen molar-refractivity contribution in [3.05, 3.63) is 66.0 Å². The van der Waals surface area contributed by atoms with Crippen LogP contribution in [0.3, 0.4) is 0 Å². The second-order valence-electron chi connectivity index (χ2n) is 7.43. The van der Waals surface area contributed by atoms with Gasteiger partial charge in [0.05, 0.1) is 19.4 Å². The Labute approximate surface area is 182 Å². The van der Waals surface area contributed by atoms with Gasteiger partial charge in [0.1, 0.15) is 23.1 Å². The molecule has 0 amide bonds. The van der Waals surface area contributed by atoms with Gasteiger partial charge in [-0.25, -0.2) is 18.4 Å². The molecule has 0 N–H and O–H groups in total. The van der Waals surface area contributed by atoms with Gasteiger partial charge in [-0.15, -0.1) is 0 Å². The Morgan fingerprint density at radius 2 is 1.87 bits per heavy atom. The minimum atomic E-state index is -3.76. The minimum absolute atomic E-state index is 0.162. The van der Waals surface area contributed by atoms with Crippen molar-refractivity contribution in [1.29, 1.82) is 0 Å². The number of hydrogen-bond donors (Lipinski definition) is 0. The summed E-state index contributed by atoms with van der Waals surface area (Å²) in [4.78, 5) is 12.9. The quantitative estimate of drug-likeness (QED) is 0.602. The van der Waals surface area contributed by atoms with Gasteiger partial charge in [0.15, 0.2) is 0 Å². The molecule has 0 radical (unpaired) electrons. The third kappa shape index (κ3) is 4.43. The van der Waals surface area contributed by atoms with Crippen molar-refractivity contribution in [1.82, 2.24) is 19.3 Å². The molecule has 3 heterocycles. The molecular formula is C22H24N4O4S. The first kappa shape index (κ1) is 21.4. The maximum Gasteiger partial charge on any atom is 0.246 e. The number of aromatic nitrogens is 3. The van der Waals surface area contributed by atoms with Crippen LogP contribution in [0.1, 0.15) is 23.1 Å². The predicted octanol–water partition coefficient (Wildman–Crippen LogP) is 2.93. The first-order valence-electron chi connectivity index (χ1n) is 9.89. The summed E-state index contributed by atoms with van der Waals surface area (Å²) in [5.41, 5.74) is 4.10. The molecule has 9 heteroatoms. The summed E-state index contributed by atoms with van der Waals surface area (Å²) in [5.74, 6) is 0.327. The van der Waals surface area contributed by atoms with Crippen molar-refractivity contribution in [3.8, 4) is 16.9 Å². The molecule has 0 aliphatic carbocycles. The summed E-state index contributed by atoms with van der Waals surface area (Å²) in [6.07, 6.45) is 4.45. The van der Waals surface area contributed by atoms with Gasteiger partial charge in [-0.2, -0.15) is 4.31 Å². The third-order valence-corrected chi connectivity index (χ3v) is 7.05. The maximum absolute atomic E-state index is 13.4. The van der Waals surface area contributed by atoms with Crippen molar-refractivity contribution in [2.75, 3.05) is 26.8 Å². The molecule has 4 rings (SSSR count). The molecule has 0 spiro atoms. The van der Waals surface area contributed by atoms with Crippen LogP contribution in [0.5, 0.6) is 5.75 Å². The third-order valence-electron chi connectivity index (χ3n) is 5.16. The molecule has 2 aromatic heterocycles. The first-order chi connectivity index (χ1) is 14.9. The smallest absolute Gasteiger partial charge is 0.246 e. The fraction of sp³-hybridized carbons (Fsp3) is 0.318. The van der Waals surface area contributed by atoms with Crippen LogP contribution in [0.25, 0.3) is 11.1 Å². The van der Waals surface area contributed by atoms with Gasteiger partial charge in [-0.1, -0.05) is 6.07 Å². The standard InChI is InChI=1S/C22H24N4O4S/c1-15-4-5-20(29-3)22(8-15)31(27,28)26-6-7-30-21(13-26)19-10-17(9-16(2)25-19)18-11-23-14-24-12-18/h4-5,8-12,14,21H,6-7,13H2,1-3H3. The van der Waals surface area contributed by atoms with Crippen molar-refractivity contribution >= 4 is 10.0 Å². The highest BCUT2D eigenvalue weighted by atomic mass is 32.2. The average molecular weight is 441 g/mol. The molecule has 3 aromatic rings. The zero-order valence-electron chi connectivity index (χ0n) is 17.6. The fourth-order valence-electron chi connectivity index (χ4n) is 3.62. The number of ether oxygens (including phenoxy) is 2. The fourth-order valence-corrected chi connectivity index (χ4v) is 5.29. The molecular weight excluding hydrogens is 416 g/mol. The summed E-state index contributed by atoms with van der Waals surface area (Å²) in [6.45, 7) is 4.46. The molecule has 0 saturated carbocycles. The van der Waals surface area contributed by atoms with Crippen LogP contribution in [0.15, 0.2) is 53.9 Å². The zero-order chi connectivity index (χ0) is 22.0. The van der Waals surface area contributed by atoms with Gasteiger partial charge in [0.2, 0.25) is 10.0 Å². The molecule has 1 aromatic carbocycles. The summed E-state index contributed by atoms with van der Waals surface area (Å²) in [6, 6.07) is 8.98. The highest BCUT2D eigenvalue weighted by molar-refractivity contribution is 7.89. The second-order valence-corrected chi connectivity index (χ2v) is 9.33. The maximum atomic E-state index is 13.4. The molecule has 8 nitrogen and oxygen atoms in total. The van der Waals surface area contributed by atoms with Crippen molar-refractivity contribution in [2.45, 2.75) is 24.8 Å². The Morgan fingerprint density at radius 1 is 1.10 bits per heavy atom. The molecule has 1 saturated heterocycles. The normalized spacial score (nSPS) is 17.5. The Morgan fingerprint density at radius 3 is 2.61 bits per heavy atom. The van der Waals surface area contributed by atoms with E-state index in [2.05, 4.69) is 15.0 Å². The predicted molar refractivity (Wildman–Crippen MR) is 115 cm³/mol.